The number of carbonyl (C=O) groups is 1. The largest absolute Gasteiger partial charge is 0.317 e. The van der Waals surface area contributed by atoms with Crippen molar-refractivity contribution in [1.29, 1.82) is 0 Å². The summed E-state index contributed by atoms with van der Waals surface area (Å²) in [5.74, 6) is 0.772. The maximum absolute atomic E-state index is 12.9. The van der Waals surface area contributed by atoms with Crippen molar-refractivity contribution in [3.8, 4) is 0 Å². The van der Waals surface area contributed by atoms with Crippen molar-refractivity contribution in [1.82, 2.24) is 10.2 Å². The topological polar surface area (TPSA) is 35.6 Å². The van der Waals surface area contributed by atoms with E-state index in [1.165, 1.54) is 5.56 Å². The summed E-state index contributed by atoms with van der Waals surface area (Å²) in [6.45, 7) is 20.6. The first kappa shape index (κ1) is 25.9. The first-order valence-electron chi connectivity index (χ1n) is 11.3. The van der Waals surface area contributed by atoms with Crippen LogP contribution in [0.15, 0.2) is 61.2 Å². The Morgan fingerprint density at radius 3 is 2.37 bits per heavy atom. The van der Waals surface area contributed by atoms with Gasteiger partial charge in [0.15, 0.2) is 0 Å². The maximum Gasteiger partial charge on any atom is 0.241 e. The molecular formula is C26H41N3O. The molecule has 4 nitrogen and oxygen atoms in total. The van der Waals surface area contributed by atoms with Crippen molar-refractivity contribution in [2.24, 2.45) is 5.92 Å². The Hall–Kier alpha value is -2.17. The summed E-state index contributed by atoms with van der Waals surface area (Å²) >= 11 is 0. The molecule has 0 atom stereocenters. The van der Waals surface area contributed by atoms with Crippen molar-refractivity contribution in [3.63, 3.8) is 0 Å². The first-order chi connectivity index (χ1) is 14.6. The smallest absolute Gasteiger partial charge is 0.241 e. The number of carbonyl (C=O) groups excluding carboxylic acids is 1. The van der Waals surface area contributed by atoms with Crippen molar-refractivity contribution in [2.75, 3.05) is 37.6 Å². The van der Waals surface area contributed by atoms with Crippen LogP contribution < -0.4 is 10.2 Å². The fraction of sp³-hybridized carbons (Fsp3) is 0.500. The number of benzene rings is 1. The summed E-state index contributed by atoms with van der Waals surface area (Å²) < 4.78 is 0. The van der Waals surface area contributed by atoms with Crippen LogP contribution in [-0.2, 0) is 11.3 Å². The number of fused-ring (bicyclic) bond motifs is 1. The monoisotopic (exact) mass is 411 g/mol. The van der Waals surface area contributed by atoms with Gasteiger partial charge in [0.25, 0.3) is 0 Å². The van der Waals surface area contributed by atoms with Crippen molar-refractivity contribution >= 4 is 11.6 Å². The van der Waals surface area contributed by atoms with E-state index in [1.54, 1.807) is 6.08 Å². The molecule has 2 aliphatic rings. The Morgan fingerprint density at radius 1 is 1.13 bits per heavy atom. The molecular weight excluding hydrogens is 370 g/mol. The lowest BCUT2D eigenvalue weighted by Gasteiger charge is -2.30. The zero-order valence-electron chi connectivity index (χ0n) is 19.5. The normalized spacial score (nSPS) is 17.2. The van der Waals surface area contributed by atoms with E-state index in [9.17, 15) is 4.79 Å². The average Bonchev–Trinajstić information content (AvgIpc) is 2.92. The molecule has 166 valence electrons. The zero-order chi connectivity index (χ0) is 22.4. The lowest BCUT2D eigenvalue weighted by molar-refractivity contribution is -0.119. The van der Waals surface area contributed by atoms with E-state index in [0.29, 0.717) is 19.0 Å². The molecule has 2 heterocycles. The van der Waals surface area contributed by atoms with Gasteiger partial charge < -0.3 is 10.2 Å². The molecule has 1 amide bonds. The van der Waals surface area contributed by atoms with Crippen LogP contribution in [0.2, 0.25) is 0 Å². The third-order valence-electron chi connectivity index (χ3n) is 5.28. The minimum absolute atomic E-state index is 0.190. The quantitative estimate of drug-likeness (QED) is 0.535. The predicted octanol–water partition coefficient (Wildman–Crippen LogP) is 5.19. The van der Waals surface area contributed by atoms with Crippen LogP contribution in [0.1, 0.15) is 46.1 Å². The van der Waals surface area contributed by atoms with Crippen molar-refractivity contribution < 1.29 is 4.79 Å². The van der Waals surface area contributed by atoms with Crippen LogP contribution in [-0.4, -0.2) is 43.5 Å². The van der Waals surface area contributed by atoms with Crippen molar-refractivity contribution in [3.05, 3.63) is 66.8 Å². The molecule has 1 N–H and O–H groups in total. The first-order valence-corrected chi connectivity index (χ1v) is 11.3. The molecule has 0 aliphatic carbocycles. The Kier molecular flexibility index (Phi) is 12.7. The Labute approximate surface area is 184 Å². The third kappa shape index (κ3) is 8.29. The van der Waals surface area contributed by atoms with Gasteiger partial charge in [-0.3, -0.25) is 9.69 Å². The molecule has 0 radical (unpaired) electrons. The number of nitrogens with one attached hydrogen (secondary N) is 1. The second-order valence-corrected chi connectivity index (χ2v) is 7.50. The highest BCUT2D eigenvalue weighted by atomic mass is 16.2. The average molecular weight is 412 g/mol. The summed E-state index contributed by atoms with van der Waals surface area (Å²) in [5, 5.41) is 3.40. The molecule has 2 aliphatic heterocycles. The number of allylic oxidation sites excluding steroid dienone is 2. The number of amides is 1. The molecule has 4 heteroatoms. The van der Waals surface area contributed by atoms with Gasteiger partial charge in [0.2, 0.25) is 5.91 Å². The van der Waals surface area contributed by atoms with E-state index in [0.717, 1.165) is 50.3 Å². The number of hydrogen-bond donors (Lipinski definition) is 1. The van der Waals surface area contributed by atoms with E-state index in [4.69, 9.17) is 0 Å². The van der Waals surface area contributed by atoms with Crippen LogP contribution in [0.3, 0.4) is 0 Å². The maximum atomic E-state index is 12.9. The molecule has 0 bridgehead atoms. The number of piperidine rings is 1. The van der Waals surface area contributed by atoms with Crippen LogP contribution in [0, 0.1) is 5.92 Å². The molecule has 0 saturated carbocycles. The Balaban J connectivity index is 0.000000673. The summed E-state index contributed by atoms with van der Waals surface area (Å²) in [6, 6.07) is 8.30. The van der Waals surface area contributed by atoms with Gasteiger partial charge in [-0.25, -0.2) is 0 Å². The van der Waals surface area contributed by atoms with Crippen LogP contribution >= 0.6 is 0 Å². The summed E-state index contributed by atoms with van der Waals surface area (Å²) in [4.78, 5) is 17.1. The highest BCUT2D eigenvalue weighted by molar-refractivity contribution is 5.96. The van der Waals surface area contributed by atoms with Gasteiger partial charge in [0.1, 0.15) is 0 Å². The Morgan fingerprint density at radius 2 is 1.77 bits per heavy atom. The van der Waals surface area contributed by atoms with Gasteiger partial charge in [0, 0.05) is 25.3 Å². The fourth-order valence-electron chi connectivity index (χ4n) is 3.60. The molecule has 1 fully saturated rings. The minimum Gasteiger partial charge on any atom is -0.317 e. The second-order valence-electron chi connectivity index (χ2n) is 7.50. The number of para-hydroxylation sites is 1. The number of rotatable bonds is 5. The predicted molar refractivity (Wildman–Crippen MR) is 131 cm³/mol. The lowest BCUT2D eigenvalue weighted by atomic mass is 9.97. The highest BCUT2D eigenvalue weighted by Crippen LogP contribution is 2.28. The second kappa shape index (κ2) is 14.8. The van der Waals surface area contributed by atoms with Gasteiger partial charge in [-0.1, -0.05) is 63.4 Å². The van der Waals surface area contributed by atoms with E-state index < -0.39 is 0 Å². The van der Waals surface area contributed by atoms with Gasteiger partial charge in [-0.15, -0.1) is 0 Å². The molecule has 0 aromatic heterocycles. The standard InChI is InChI=1S/C20H27N3O.C4H8.C2H6/c1-3-16(2)12-22-14-18-6-4-5-7-19(18)23(20(24)15-22)13-17-8-10-21-11-9-17;1-3-4-2;1-2/h3-7,17,21H,1-2,8-15H2;3-4H,1-2H3;1-2H3/b;4-3+;. The van der Waals surface area contributed by atoms with Crippen LogP contribution in [0.5, 0.6) is 0 Å². The lowest BCUT2D eigenvalue weighted by Crippen LogP contribution is -2.42. The molecule has 1 aromatic rings. The fourth-order valence-corrected chi connectivity index (χ4v) is 3.60. The van der Waals surface area contributed by atoms with E-state index in [-0.39, 0.29) is 5.91 Å². The van der Waals surface area contributed by atoms with E-state index >= 15 is 0 Å². The minimum atomic E-state index is 0.190. The highest BCUT2D eigenvalue weighted by Gasteiger charge is 2.28. The van der Waals surface area contributed by atoms with E-state index in [2.05, 4.69) is 41.6 Å². The van der Waals surface area contributed by atoms with E-state index in [1.807, 2.05) is 50.8 Å². The molecule has 1 aromatic carbocycles. The summed E-state index contributed by atoms with van der Waals surface area (Å²) in [5.41, 5.74) is 3.24. The molecule has 3 rings (SSSR count). The molecule has 30 heavy (non-hydrogen) atoms. The van der Waals surface area contributed by atoms with Gasteiger partial charge >= 0.3 is 0 Å². The number of hydrogen-bond acceptors (Lipinski definition) is 3. The third-order valence-corrected chi connectivity index (χ3v) is 5.28. The molecule has 1 saturated heterocycles. The van der Waals surface area contributed by atoms with Crippen LogP contribution in [0.25, 0.3) is 0 Å². The van der Waals surface area contributed by atoms with Gasteiger partial charge in [-0.2, -0.15) is 0 Å². The summed E-state index contributed by atoms with van der Waals surface area (Å²) in [6.07, 6.45) is 8.06. The zero-order valence-corrected chi connectivity index (χ0v) is 19.5. The Bertz CT molecular complexity index is 685. The number of nitrogens with zero attached hydrogens (tertiary/aromatic N) is 2. The van der Waals surface area contributed by atoms with Crippen LogP contribution in [0.4, 0.5) is 5.69 Å². The SMILES string of the molecule is C/C=C/C.C=CC(=C)CN1CC(=O)N(CC2CCNCC2)c2ccccc2C1.CC. The summed E-state index contributed by atoms with van der Waals surface area (Å²) in [7, 11) is 0. The van der Waals surface area contributed by atoms with Crippen molar-refractivity contribution in [2.45, 2.75) is 47.1 Å². The number of anilines is 1. The molecule has 0 unspecified atom stereocenters. The molecule has 0 spiro atoms. The van der Waals surface area contributed by atoms with Gasteiger partial charge in [0.05, 0.1) is 6.54 Å². The van der Waals surface area contributed by atoms with Gasteiger partial charge in [-0.05, 0) is 62.9 Å².